The molecular weight excluding hydrogens is 415 g/mol. The normalized spacial score (nSPS) is 14.5. The minimum Gasteiger partial charge on any atom is -0.326 e. The summed E-state index contributed by atoms with van der Waals surface area (Å²) in [6, 6.07) is 12.5. The lowest BCUT2D eigenvalue weighted by atomic mass is 9.88. The van der Waals surface area contributed by atoms with Crippen LogP contribution in [0.1, 0.15) is 32.1 Å². The lowest BCUT2D eigenvalue weighted by Crippen LogP contribution is -2.24. The average Bonchev–Trinajstić information content (AvgIpc) is 2.66. The van der Waals surface area contributed by atoms with Crippen LogP contribution in [0.3, 0.4) is 0 Å². The van der Waals surface area contributed by atoms with E-state index in [9.17, 15) is 9.59 Å². The van der Waals surface area contributed by atoms with E-state index in [0.29, 0.717) is 15.7 Å². The zero-order valence-corrected chi connectivity index (χ0v) is 17.7. The van der Waals surface area contributed by atoms with E-state index in [1.165, 1.54) is 18.2 Å². The molecular formula is C21H22Cl2N2O2S. The number of hydrogen-bond acceptors (Lipinski definition) is 3. The fourth-order valence-electron chi connectivity index (χ4n) is 3.24. The van der Waals surface area contributed by atoms with Gasteiger partial charge in [-0.15, -0.1) is 11.8 Å². The summed E-state index contributed by atoms with van der Waals surface area (Å²) in [5.74, 6) is 0.294. The standard InChI is InChI=1S/C21H22Cl2N2O2S/c22-15-9-16(23)11-18(10-15)24-20(26)13-28-19-8-4-7-17(12-19)25-21(27)14-5-2-1-3-6-14/h4,7-12,14H,1-3,5-6,13H2,(H,24,26)(H,25,27). The molecule has 0 saturated heterocycles. The van der Waals surface area contributed by atoms with Crippen LogP contribution in [0, 0.1) is 5.92 Å². The number of carbonyl (C=O) groups excluding carboxylic acids is 2. The first-order chi connectivity index (χ1) is 13.5. The van der Waals surface area contributed by atoms with E-state index in [1.807, 2.05) is 24.3 Å². The van der Waals surface area contributed by atoms with Crippen LogP contribution in [0.4, 0.5) is 11.4 Å². The van der Waals surface area contributed by atoms with Crippen LogP contribution in [0.15, 0.2) is 47.4 Å². The molecule has 28 heavy (non-hydrogen) atoms. The summed E-state index contributed by atoms with van der Waals surface area (Å²) in [6.07, 6.45) is 5.41. The highest BCUT2D eigenvalue weighted by atomic mass is 35.5. The highest BCUT2D eigenvalue weighted by Crippen LogP contribution is 2.27. The SMILES string of the molecule is O=C(CSc1cccc(NC(=O)C2CCCCC2)c1)Nc1cc(Cl)cc(Cl)c1. The van der Waals surface area contributed by atoms with Gasteiger partial charge >= 0.3 is 0 Å². The first-order valence-corrected chi connectivity index (χ1v) is 11.0. The van der Waals surface area contributed by atoms with E-state index in [-0.39, 0.29) is 23.5 Å². The van der Waals surface area contributed by atoms with Gasteiger partial charge in [0.1, 0.15) is 0 Å². The van der Waals surface area contributed by atoms with Crippen molar-refractivity contribution in [2.75, 3.05) is 16.4 Å². The molecule has 0 aromatic heterocycles. The Morgan fingerprint density at radius 1 is 0.929 bits per heavy atom. The van der Waals surface area contributed by atoms with Crippen LogP contribution >= 0.6 is 35.0 Å². The molecule has 2 aromatic rings. The Morgan fingerprint density at radius 2 is 1.64 bits per heavy atom. The summed E-state index contributed by atoms with van der Waals surface area (Å²) < 4.78 is 0. The molecule has 0 unspecified atom stereocenters. The number of hydrogen-bond donors (Lipinski definition) is 2. The summed E-state index contributed by atoms with van der Waals surface area (Å²) in [5, 5.41) is 6.73. The Hall–Kier alpha value is -1.69. The average molecular weight is 437 g/mol. The first-order valence-electron chi connectivity index (χ1n) is 9.29. The largest absolute Gasteiger partial charge is 0.326 e. The van der Waals surface area contributed by atoms with Crippen LogP contribution < -0.4 is 10.6 Å². The molecule has 3 rings (SSSR count). The van der Waals surface area contributed by atoms with Crippen molar-refractivity contribution in [3.8, 4) is 0 Å². The molecule has 2 N–H and O–H groups in total. The minimum atomic E-state index is -0.153. The van der Waals surface area contributed by atoms with Gasteiger partial charge in [-0.3, -0.25) is 9.59 Å². The molecule has 1 aliphatic rings. The van der Waals surface area contributed by atoms with Crippen LogP contribution in [-0.2, 0) is 9.59 Å². The van der Waals surface area contributed by atoms with Gasteiger partial charge in [0.15, 0.2) is 0 Å². The summed E-state index contributed by atoms with van der Waals surface area (Å²) in [6.45, 7) is 0. The van der Waals surface area contributed by atoms with Gasteiger partial charge < -0.3 is 10.6 Å². The fraction of sp³-hybridized carbons (Fsp3) is 0.333. The molecule has 7 heteroatoms. The van der Waals surface area contributed by atoms with E-state index in [0.717, 1.165) is 36.3 Å². The van der Waals surface area contributed by atoms with Crippen molar-refractivity contribution in [3.63, 3.8) is 0 Å². The summed E-state index contributed by atoms with van der Waals surface area (Å²) in [4.78, 5) is 25.5. The van der Waals surface area contributed by atoms with Gasteiger partial charge in [-0.1, -0.05) is 48.5 Å². The second kappa shape index (κ2) is 10.2. The van der Waals surface area contributed by atoms with Gasteiger partial charge in [0.2, 0.25) is 11.8 Å². The Morgan fingerprint density at radius 3 is 2.36 bits per heavy atom. The van der Waals surface area contributed by atoms with E-state index in [1.54, 1.807) is 18.2 Å². The number of halogens is 2. The van der Waals surface area contributed by atoms with Crippen molar-refractivity contribution in [2.45, 2.75) is 37.0 Å². The van der Waals surface area contributed by atoms with Gasteiger partial charge in [0.25, 0.3) is 0 Å². The minimum absolute atomic E-state index is 0.0948. The highest BCUT2D eigenvalue weighted by Gasteiger charge is 2.21. The summed E-state index contributed by atoms with van der Waals surface area (Å²) >= 11 is 13.3. The Balaban J connectivity index is 1.52. The molecule has 4 nitrogen and oxygen atoms in total. The van der Waals surface area contributed by atoms with Gasteiger partial charge in [-0.25, -0.2) is 0 Å². The van der Waals surface area contributed by atoms with Crippen molar-refractivity contribution in [2.24, 2.45) is 5.92 Å². The number of amides is 2. The van der Waals surface area contributed by atoms with Crippen molar-refractivity contribution in [1.29, 1.82) is 0 Å². The van der Waals surface area contributed by atoms with Crippen molar-refractivity contribution in [1.82, 2.24) is 0 Å². The zero-order chi connectivity index (χ0) is 19.9. The van der Waals surface area contributed by atoms with Gasteiger partial charge in [0.05, 0.1) is 5.75 Å². The van der Waals surface area contributed by atoms with E-state index in [4.69, 9.17) is 23.2 Å². The zero-order valence-electron chi connectivity index (χ0n) is 15.3. The van der Waals surface area contributed by atoms with E-state index >= 15 is 0 Å². The van der Waals surface area contributed by atoms with Gasteiger partial charge in [0, 0.05) is 32.2 Å². The molecule has 1 aliphatic carbocycles. The first kappa shape index (κ1) is 21.0. The molecule has 1 fully saturated rings. The van der Waals surface area contributed by atoms with E-state index < -0.39 is 0 Å². The lowest BCUT2D eigenvalue weighted by molar-refractivity contribution is -0.120. The second-order valence-electron chi connectivity index (χ2n) is 6.85. The molecule has 2 aromatic carbocycles. The number of rotatable bonds is 6. The predicted octanol–water partition coefficient (Wildman–Crippen LogP) is 6.24. The third-order valence-corrected chi connectivity index (χ3v) is 6.02. The number of carbonyl (C=O) groups is 2. The predicted molar refractivity (Wildman–Crippen MR) is 117 cm³/mol. The monoisotopic (exact) mass is 436 g/mol. The Kier molecular flexibility index (Phi) is 7.65. The molecule has 0 bridgehead atoms. The molecule has 0 heterocycles. The van der Waals surface area contributed by atoms with Gasteiger partial charge in [-0.05, 0) is 49.2 Å². The Bertz CT molecular complexity index is 834. The molecule has 0 aliphatic heterocycles. The molecule has 0 spiro atoms. The molecule has 1 saturated carbocycles. The van der Waals surface area contributed by atoms with Crippen molar-refractivity contribution < 1.29 is 9.59 Å². The third kappa shape index (κ3) is 6.43. The topological polar surface area (TPSA) is 58.2 Å². The maximum absolute atomic E-state index is 12.4. The van der Waals surface area contributed by atoms with Crippen LogP contribution in [0.5, 0.6) is 0 Å². The van der Waals surface area contributed by atoms with Crippen LogP contribution in [0.25, 0.3) is 0 Å². The summed E-state index contributed by atoms with van der Waals surface area (Å²) in [5.41, 5.74) is 1.33. The molecule has 0 atom stereocenters. The number of anilines is 2. The smallest absolute Gasteiger partial charge is 0.234 e. The molecule has 2 amide bonds. The Labute approximate surface area is 179 Å². The molecule has 0 radical (unpaired) electrons. The van der Waals surface area contributed by atoms with Crippen molar-refractivity contribution >= 4 is 58.2 Å². The van der Waals surface area contributed by atoms with Crippen LogP contribution in [0.2, 0.25) is 10.0 Å². The molecule has 148 valence electrons. The second-order valence-corrected chi connectivity index (χ2v) is 8.77. The summed E-state index contributed by atoms with van der Waals surface area (Å²) in [7, 11) is 0. The third-order valence-electron chi connectivity index (χ3n) is 4.59. The van der Waals surface area contributed by atoms with Crippen molar-refractivity contribution in [3.05, 3.63) is 52.5 Å². The quantitative estimate of drug-likeness (QED) is 0.526. The highest BCUT2D eigenvalue weighted by molar-refractivity contribution is 8.00. The lowest BCUT2D eigenvalue weighted by Gasteiger charge is -2.20. The van der Waals surface area contributed by atoms with Crippen LogP contribution in [-0.4, -0.2) is 17.6 Å². The number of thioether (sulfide) groups is 1. The fourth-order valence-corrected chi connectivity index (χ4v) is 4.53. The maximum Gasteiger partial charge on any atom is 0.234 e. The van der Waals surface area contributed by atoms with E-state index in [2.05, 4.69) is 10.6 Å². The van der Waals surface area contributed by atoms with Gasteiger partial charge in [-0.2, -0.15) is 0 Å². The number of benzene rings is 2. The number of nitrogens with one attached hydrogen (secondary N) is 2. The maximum atomic E-state index is 12.4.